The molecular weight excluding hydrogens is 360 g/mol. The summed E-state index contributed by atoms with van der Waals surface area (Å²) in [6.07, 6.45) is 1.76. The molecule has 0 unspecified atom stereocenters. The molecule has 0 atom stereocenters. The number of fused-ring (bicyclic) bond motifs is 1. The number of carbonyl (C=O) groups excluding carboxylic acids is 1. The van der Waals surface area contributed by atoms with E-state index in [1.807, 2.05) is 55.5 Å². The SMILES string of the molecule is Cc1ccc(/C=C2\Oc3cc(OCc4cccc(Cl)c4)ccc3C2=O)cc1. The van der Waals surface area contributed by atoms with Crippen molar-refractivity contribution in [2.24, 2.45) is 0 Å². The van der Waals surface area contributed by atoms with Gasteiger partial charge < -0.3 is 9.47 Å². The maximum absolute atomic E-state index is 12.5. The average Bonchev–Trinajstić information content (AvgIpc) is 2.97. The molecule has 0 spiro atoms. The third kappa shape index (κ3) is 3.88. The first-order valence-electron chi connectivity index (χ1n) is 8.61. The summed E-state index contributed by atoms with van der Waals surface area (Å²) in [5, 5.41) is 0.671. The van der Waals surface area contributed by atoms with Gasteiger partial charge in [0.1, 0.15) is 18.1 Å². The van der Waals surface area contributed by atoms with Crippen LogP contribution in [0.1, 0.15) is 27.0 Å². The smallest absolute Gasteiger partial charge is 0.231 e. The van der Waals surface area contributed by atoms with Gasteiger partial charge in [0.15, 0.2) is 5.76 Å². The summed E-state index contributed by atoms with van der Waals surface area (Å²) in [6, 6.07) is 20.7. The lowest BCUT2D eigenvalue weighted by Gasteiger charge is -2.07. The first kappa shape index (κ1) is 17.4. The van der Waals surface area contributed by atoms with Crippen molar-refractivity contribution in [1.29, 1.82) is 0 Å². The van der Waals surface area contributed by atoms with Crippen LogP contribution in [0.5, 0.6) is 11.5 Å². The molecule has 0 radical (unpaired) electrons. The van der Waals surface area contributed by atoms with Crippen LogP contribution in [0.4, 0.5) is 0 Å². The molecule has 1 heterocycles. The fraction of sp³-hybridized carbons (Fsp3) is 0.0870. The van der Waals surface area contributed by atoms with Gasteiger partial charge in [-0.05, 0) is 48.4 Å². The van der Waals surface area contributed by atoms with Gasteiger partial charge in [-0.2, -0.15) is 0 Å². The predicted octanol–water partition coefficient (Wildman–Crippen LogP) is 5.84. The monoisotopic (exact) mass is 376 g/mol. The molecule has 4 heteroatoms. The van der Waals surface area contributed by atoms with Gasteiger partial charge in [0.2, 0.25) is 5.78 Å². The Hall–Kier alpha value is -3.04. The van der Waals surface area contributed by atoms with Crippen molar-refractivity contribution in [3.8, 4) is 11.5 Å². The number of ether oxygens (including phenoxy) is 2. The fourth-order valence-electron chi connectivity index (χ4n) is 2.86. The highest BCUT2D eigenvalue weighted by Gasteiger charge is 2.27. The summed E-state index contributed by atoms with van der Waals surface area (Å²) < 4.78 is 11.6. The van der Waals surface area contributed by atoms with Crippen LogP contribution in [0.15, 0.2) is 72.5 Å². The molecule has 0 saturated heterocycles. The molecule has 0 saturated carbocycles. The van der Waals surface area contributed by atoms with Crippen LogP contribution in [-0.4, -0.2) is 5.78 Å². The molecule has 4 rings (SSSR count). The Bertz CT molecular complexity index is 1040. The van der Waals surface area contributed by atoms with Crippen molar-refractivity contribution in [3.05, 3.63) is 99.8 Å². The van der Waals surface area contributed by atoms with E-state index < -0.39 is 0 Å². The topological polar surface area (TPSA) is 35.5 Å². The van der Waals surface area contributed by atoms with E-state index in [1.165, 1.54) is 5.56 Å². The number of allylic oxidation sites excluding steroid dienone is 1. The molecular formula is C23H17ClO3. The molecule has 0 bridgehead atoms. The number of halogens is 1. The first-order chi connectivity index (χ1) is 13.1. The zero-order chi connectivity index (χ0) is 18.8. The molecule has 27 heavy (non-hydrogen) atoms. The zero-order valence-corrected chi connectivity index (χ0v) is 15.5. The van der Waals surface area contributed by atoms with E-state index in [9.17, 15) is 4.79 Å². The van der Waals surface area contributed by atoms with Gasteiger partial charge in [0.05, 0.1) is 5.56 Å². The lowest BCUT2D eigenvalue weighted by atomic mass is 10.1. The molecule has 0 amide bonds. The molecule has 0 fully saturated rings. The molecule has 134 valence electrons. The molecule has 3 aromatic carbocycles. The van der Waals surface area contributed by atoms with Gasteiger partial charge in [-0.15, -0.1) is 0 Å². The van der Waals surface area contributed by atoms with Crippen molar-refractivity contribution in [2.75, 3.05) is 0 Å². The number of hydrogen-bond donors (Lipinski definition) is 0. The summed E-state index contributed by atoms with van der Waals surface area (Å²) in [4.78, 5) is 12.5. The Morgan fingerprint density at radius 1 is 1.04 bits per heavy atom. The highest BCUT2D eigenvalue weighted by molar-refractivity contribution is 6.30. The third-order valence-corrected chi connectivity index (χ3v) is 4.55. The number of Topliss-reactive ketones (excluding diaryl/α,β-unsaturated/α-hetero) is 1. The maximum atomic E-state index is 12.5. The van der Waals surface area contributed by atoms with Crippen molar-refractivity contribution in [1.82, 2.24) is 0 Å². The maximum Gasteiger partial charge on any atom is 0.231 e. The van der Waals surface area contributed by atoms with E-state index in [4.69, 9.17) is 21.1 Å². The minimum absolute atomic E-state index is 0.119. The first-order valence-corrected chi connectivity index (χ1v) is 8.98. The summed E-state index contributed by atoms with van der Waals surface area (Å²) in [7, 11) is 0. The Balaban J connectivity index is 1.51. The second-order valence-corrected chi connectivity index (χ2v) is 6.86. The fourth-order valence-corrected chi connectivity index (χ4v) is 3.08. The molecule has 0 N–H and O–H groups in total. The van der Waals surface area contributed by atoms with E-state index >= 15 is 0 Å². The highest BCUT2D eigenvalue weighted by Crippen LogP contribution is 2.35. The van der Waals surface area contributed by atoms with Crippen LogP contribution >= 0.6 is 11.6 Å². The average molecular weight is 377 g/mol. The molecule has 3 aromatic rings. The Morgan fingerprint density at radius 2 is 1.85 bits per heavy atom. The number of carbonyl (C=O) groups is 1. The van der Waals surface area contributed by atoms with Gasteiger partial charge in [-0.25, -0.2) is 0 Å². The van der Waals surface area contributed by atoms with Gasteiger partial charge in [-0.1, -0.05) is 53.6 Å². The molecule has 0 aliphatic carbocycles. The number of rotatable bonds is 4. The minimum atomic E-state index is -0.119. The second-order valence-electron chi connectivity index (χ2n) is 6.43. The number of ketones is 1. The Labute approximate surface area is 162 Å². The van der Waals surface area contributed by atoms with Gasteiger partial charge >= 0.3 is 0 Å². The highest BCUT2D eigenvalue weighted by atomic mass is 35.5. The van der Waals surface area contributed by atoms with Crippen LogP contribution < -0.4 is 9.47 Å². The molecule has 1 aliphatic heterocycles. The standard InChI is InChI=1S/C23H17ClO3/c1-15-5-7-16(8-6-15)12-22-23(25)20-10-9-19(13-21(20)27-22)26-14-17-3-2-4-18(24)11-17/h2-13H,14H2,1H3/b22-12-. The normalized spacial score (nSPS) is 14.1. The van der Waals surface area contributed by atoms with Crippen LogP contribution in [0.25, 0.3) is 6.08 Å². The molecule has 0 aromatic heterocycles. The molecule has 3 nitrogen and oxygen atoms in total. The van der Waals surface area contributed by atoms with Crippen molar-refractivity contribution in [2.45, 2.75) is 13.5 Å². The molecule has 1 aliphatic rings. The summed E-state index contributed by atoms with van der Waals surface area (Å²) in [5.41, 5.74) is 3.61. The van der Waals surface area contributed by atoms with E-state index in [2.05, 4.69) is 0 Å². The quantitative estimate of drug-likeness (QED) is 0.536. The zero-order valence-electron chi connectivity index (χ0n) is 14.7. The largest absolute Gasteiger partial charge is 0.489 e. The summed E-state index contributed by atoms with van der Waals surface area (Å²) in [6.45, 7) is 2.41. The van der Waals surface area contributed by atoms with E-state index in [0.29, 0.717) is 34.5 Å². The van der Waals surface area contributed by atoms with Crippen LogP contribution in [-0.2, 0) is 6.61 Å². The third-order valence-electron chi connectivity index (χ3n) is 4.31. The van der Waals surface area contributed by atoms with Gasteiger partial charge in [0, 0.05) is 11.1 Å². The Kier molecular flexibility index (Phi) is 4.69. The summed E-state index contributed by atoms with van der Waals surface area (Å²) >= 11 is 5.99. The van der Waals surface area contributed by atoms with Crippen molar-refractivity contribution < 1.29 is 14.3 Å². The van der Waals surface area contributed by atoms with E-state index in [0.717, 1.165) is 11.1 Å². The van der Waals surface area contributed by atoms with Gasteiger partial charge in [-0.3, -0.25) is 4.79 Å². The summed E-state index contributed by atoms with van der Waals surface area (Å²) in [5.74, 6) is 1.35. The Morgan fingerprint density at radius 3 is 2.63 bits per heavy atom. The number of hydrogen-bond acceptors (Lipinski definition) is 3. The lowest BCUT2D eigenvalue weighted by Crippen LogP contribution is -1.98. The van der Waals surface area contributed by atoms with Gasteiger partial charge in [0.25, 0.3) is 0 Å². The van der Waals surface area contributed by atoms with E-state index in [-0.39, 0.29) is 5.78 Å². The number of benzene rings is 3. The number of aryl methyl sites for hydroxylation is 1. The second kappa shape index (κ2) is 7.29. The predicted molar refractivity (Wildman–Crippen MR) is 106 cm³/mol. The van der Waals surface area contributed by atoms with Crippen molar-refractivity contribution in [3.63, 3.8) is 0 Å². The van der Waals surface area contributed by atoms with Crippen molar-refractivity contribution >= 4 is 23.5 Å². The van der Waals surface area contributed by atoms with E-state index in [1.54, 1.807) is 24.3 Å². The van der Waals surface area contributed by atoms with Crippen LogP contribution in [0.2, 0.25) is 5.02 Å². The van der Waals surface area contributed by atoms with Crippen LogP contribution in [0.3, 0.4) is 0 Å². The minimum Gasteiger partial charge on any atom is -0.489 e. The van der Waals surface area contributed by atoms with Crippen LogP contribution in [0, 0.1) is 6.92 Å². The lowest BCUT2D eigenvalue weighted by molar-refractivity contribution is 0.101.